The zero-order chi connectivity index (χ0) is 26.7. The van der Waals surface area contributed by atoms with Crippen LogP contribution in [0.4, 0.5) is 10.5 Å². The highest BCUT2D eigenvalue weighted by Gasteiger charge is 2.62. The summed E-state index contributed by atoms with van der Waals surface area (Å²) in [6, 6.07) is 3.48. The zero-order valence-electron chi connectivity index (χ0n) is 20.8. The van der Waals surface area contributed by atoms with Gasteiger partial charge in [-0.1, -0.05) is 12.2 Å². The number of non-ortho nitro benzene ring substituents is 1. The SMILES string of the molecule is COC(=O)[C@@]12C[C@H]1C=CCCCCN(C)C(=O)[C@@H]1C[C@@H](OC(=O)c3ccc([N+](=O)[O-])cc3)CN1C(=O)N2. The van der Waals surface area contributed by atoms with Gasteiger partial charge < -0.3 is 24.6 Å². The first kappa shape index (κ1) is 26.1. The molecule has 0 radical (unpaired) electrons. The zero-order valence-corrected chi connectivity index (χ0v) is 20.8. The van der Waals surface area contributed by atoms with Crippen LogP contribution in [0.2, 0.25) is 0 Å². The molecule has 198 valence electrons. The van der Waals surface area contributed by atoms with Crippen LogP contribution in [0.1, 0.15) is 42.5 Å². The second kappa shape index (κ2) is 10.6. The van der Waals surface area contributed by atoms with Crippen molar-refractivity contribution < 1.29 is 33.6 Å². The fourth-order valence-electron chi connectivity index (χ4n) is 4.91. The summed E-state index contributed by atoms with van der Waals surface area (Å²) in [6.07, 6.45) is 6.04. The fourth-order valence-corrected chi connectivity index (χ4v) is 4.91. The van der Waals surface area contributed by atoms with Crippen molar-refractivity contribution in [1.29, 1.82) is 0 Å². The molecule has 12 nitrogen and oxygen atoms in total. The van der Waals surface area contributed by atoms with Gasteiger partial charge in [-0.15, -0.1) is 0 Å². The van der Waals surface area contributed by atoms with Gasteiger partial charge >= 0.3 is 18.0 Å². The van der Waals surface area contributed by atoms with E-state index in [-0.39, 0.29) is 36.0 Å². The Kier molecular flexibility index (Phi) is 7.46. The lowest BCUT2D eigenvalue weighted by molar-refractivity contribution is -0.384. The number of hydrogen-bond donors (Lipinski definition) is 1. The number of nitro groups is 1. The summed E-state index contributed by atoms with van der Waals surface area (Å²) < 4.78 is 10.5. The van der Waals surface area contributed by atoms with Crippen LogP contribution >= 0.6 is 0 Å². The minimum absolute atomic E-state index is 0.0490. The third-order valence-electron chi connectivity index (χ3n) is 7.15. The van der Waals surface area contributed by atoms with E-state index in [0.717, 1.165) is 19.3 Å². The van der Waals surface area contributed by atoms with E-state index in [0.29, 0.717) is 13.0 Å². The maximum Gasteiger partial charge on any atom is 0.338 e. The van der Waals surface area contributed by atoms with Crippen molar-refractivity contribution in [2.75, 3.05) is 27.2 Å². The average Bonchev–Trinajstić information content (AvgIpc) is 3.41. The molecular formula is C25H30N4O8. The van der Waals surface area contributed by atoms with Crippen LogP contribution in [0.25, 0.3) is 0 Å². The highest BCUT2D eigenvalue weighted by Crippen LogP contribution is 2.46. The second-order valence-electron chi connectivity index (χ2n) is 9.62. The van der Waals surface area contributed by atoms with Gasteiger partial charge in [0.25, 0.3) is 5.69 Å². The Morgan fingerprint density at radius 3 is 2.59 bits per heavy atom. The number of nitrogens with zero attached hydrogens (tertiary/aromatic N) is 3. The van der Waals surface area contributed by atoms with Gasteiger partial charge in [-0.25, -0.2) is 14.4 Å². The predicted octanol–water partition coefficient (Wildman–Crippen LogP) is 2.03. The maximum atomic E-state index is 13.4. The number of ether oxygens (including phenoxy) is 2. The number of allylic oxidation sites excluding steroid dienone is 1. The van der Waals surface area contributed by atoms with Crippen molar-refractivity contribution in [1.82, 2.24) is 15.1 Å². The molecule has 2 heterocycles. The molecule has 4 atom stereocenters. The summed E-state index contributed by atoms with van der Waals surface area (Å²) in [5.74, 6) is -1.76. The average molecular weight is 515 g/mol. The van der Waals surface area contributed by atoms with Gasteiger partial charge in [0.05, 0.1) is 24.1 Å². The number of hydrogen-bond acceptors (Lipinski definition) is 8. The van der Waals surface area contributed by atoms with Crippen LogP contribution < -0.4 is 5.32 Å². The second-order valence-corrected chi connectivity index (χ2v) is 9.62. The van der Waals surface area contributed by atoms with Crippen molar-refractivity contribution in [3.05, 3.63) is 52.1 Å². The number of rotatable bonds is 4. The van der Waals surface area contributed by atoms with E-state index in [4.69, 9.17) is 9.47 Å². The van der Waals surface area contributed by atoms with Crippen LogP contribution in [0.3, 0.4) is 0 Å². The lowest BCUT2D eigenvalue weighted by Gasteiger charge is -2.29. The molecule has 0 unspecified atom stereocenters. The summed E-state index contributed by atoms with van der Waals surface area (Å²) in [4.78, 5) is 65.1. The number of esters is 2. The topological polar surface area (TPSA) is 148 Å². The minimum atomic E-state index is -1.19. The molecule has 1 saturated carbocycles. The van der Waals surface area contributed by atoms with E-state index in [1.807, 2.05) is 12.2 Å². The highest BCUT2D eigenvalue weighted by atomic mass is 16.6. The largest absolute Gasteiger partial charge is 0.467 e. The lowest BCUT2D eigenvalue weighted by atomic mass is 10.1. The number of fused-ring (bicyclic) bond motifs is 2. The van der Waals surface area contributed by atoms with Crippen LogP contribution in [0, 0.1) is 16.0 Å². The van der Waals surface area contributed by atoms with Gasteiger partial charge in [-0.3, -0.25) is 14.9 Å². The summed E-state index contributed by atoms with van der Waals surface area (Å²) in [5.41, 5.74) is -1.24. The third-order valence-corrected chi connectivity index (χ3v) is 7.15. The van der Waals surface area contributed by atoms with Crippen LogP contribution in [-0.2, 0) is 19.1 Å². The Morgan fingerprint density at radius 2 is 1.92 bits per heavy atom. The van der Waals surface area contributed by atoms with E-state index < -0.39 is 40.6 Å². The first-order valence-electron chi connectivity index (χ1n) is 12.2. The minimum Gasteiger partial charge on any atom is -0.467 e. The van der Waals surface area contributed by atoms with Gasteiger partial charge in [0.15, 0.2) is 0 Å². The number of carbonyl (C=O) groups is 4. The summed E-state index contributed by atoms with van der Waals surface area (Å²) >= 11 is 0. The molecule has 1 aliphatic carbocycles. The molecule has 1 N–H and O–H groups in total. The van der Waals surface area contributed by atoms with E-state index >= 15 is 0 Å². The Bertz CT molecular complexity index is 1120. The lowest BCUT2D eigenvalue weighted by Crippen LogP contribution is -2.55. The summed E-state index contributed by atoms with van der Waals surface area (Å²) in [7, 11) is 2.93. The maximum absolute atomic E-state index is 13.4. The first-order chi connectivity index (χ1) is 17.7. The molecule has 0 spiro atoms. The van der Waals surface area contributed by atoms with Gasteiger partial charge in [0.1, 0.15) is 17.7 Å². The molecule has 2 aliphatic heterocycles. The van der Waals surface area contributed by atoms with Crippen LogP contribution in [-0.4, -0.2) is 83.5 Å². The fraction of sp³-hybridized carbons (Fsp3) is 0.520. The van der Waals surface area contributed by atoms with Gasteiger partial charge in [-0.05, 0) is 37.8 Å². The molecule has 3 amide bonds. The molecule has 37 heavy (non-hydrogen) atoms. The monoisotopic (exact) mass is 514 g/mol. The van der Waals surface area contributed by atoms with Crippen molar-refractivity contribution in [2.45, 2.75) is 49.8 Å². The third kappa shape index (κ3) is 5.42. The molecule has 1 aromatic carbocycles. The molecule has 2 fully saturated rings. The van der Waals surface area contributed by atoms with Crippen molar-refractivity contribution in [2.24, 2.45) is 5.92 Å². The quantitative estimate of drug-likeness (QED) is 0.278. The Balaban J connectivity index is 1.54. The Morgan fingerprint density at radius 1 is 1.19 bits per heavy atom. The molecule has 0 aromatic heterocycles. The number of amides is 3. The van der Waals surface area contributed by atoms with E-state index in [9.17, 15) is 29.3 Å². The van der Waals surface area contributed by atoms with E-state index in [1.54, 1.807) is 11.9 Å². The molecule has 4 rings (SSSR count). The number of methoxy groups -OCH3 is 1. The van der Waals surface area contributed by atoms with Gasteiger partial charge in [0, 0.05) is 38.1 Å². The highest BCUT2D eigenvalue weighted by molar-refractivity contribution is 5.94. The smallest absolute Gasteiger partial charge is 0.338 e. The molecule has 12 heteroatoms. The van der Waals surface area contributed by atoms with E-state index in [1.165, 1.54) is 36.3 Å². The molecule has 1 saturated heterocycles. The van der Waals surface area contributed by atoms with Crippen LogP contribution in [0.15, 0.2) is 36.4 Å². The van der Waals surface area contributed by atoms with Crippen molar-refractivity contribution in [3.63, 3.8) is 0 Å². The number of nitro benzene ring substituents is 1. The number of benzene rings is 1. The van der Waals surface area contributed by atoms with E-state index in [2.05, 4.69) is 5.32 Å². The number of likely N-dealkylation sites (N-methyl/N-ethyl adjacent to an activating group) is 1. The predicted molar refractivity (Wildman–Crippen MR) is 129 cm³/mol. The van der Waals surface area contributed by atoms with Crippen LogP contribution in [0.5, 0.6) is 0 Å². The number of nitrogens with one attached hydrogen (secondary N) is 1. The molecule has 1 aromatic rings. The summed E-state index contributed by atoms with van der Waals surface area (Å²) in [6.45, 7) is 0.466. The van der Waals surface area contributed by atoms with Crippen molar-refractivity contribution in [3.8, 4) is 0 Å². The van der Waals surface area contributed by atoms with Gasteiger partial charge in [-0.2, -0.15) is 0 Å². The molecule has 3 aliphatic rings. The summed E-state index contributed by atoms with van der Waals surface area (Å²) in [5, 5.41) is 13.7. The number of urea groups is 1. The Labute approximate surface area is 213 Å². The first-order valence-corrected chi connectivity index (χ1v) is 12.2. The number of carbonyl (C=O) groups excluding carboxylic acids is 4. The molecular weight excluding hydrogens is 484 g/mol. The normalized spacial score (nSPS) is 27.9. The standard InChI is InChI=1S/C25H30N4O8/c1-27-12-6-4-3-5-7-17-14-25(17,23(32)36-2)26-24(33)28-15-19(13-20(28)21(27)30)37-22(31)16-8-10-18(11-9-16)29(34)35/h5,7-11,17,19-20H,3-4,6,12-15H2,1-2H3,(H,26,33)/t17-,19-,20+,25-/m1/s1. The Hall–Kier alpha value is -3.96. The van der Waals surface area contributed by atoms with Crippen molar-refractivity contribution >= 4 is 29.6 Å². The van der Waals surface area contributed by atoms with Gasteiger partial charge in [0.2, 0.25) is 5.91 Å². The molecule has 0 bridgehead atoms.